The van der Waals surface area contributed by atoms with Crippen LogP contribution in [0, 0.1) is 32.5 Å². The van der Waals surface area contributed by atoms with Gasteiger partial charge in [0.15, 0.2) is 5.78 Å². The molecule has 28 heavy (non-hydrogen) atoms. The van der Waals surface area contributed by atoms with Crippen molar-refractivity contribution in [1.29, 1.82) is 0 Å². The van der Waals surface area contributed by atoms with E-state index in [1.165, 1.54) is 17.8 Å². The van der Waals surface area contributed by atoms with Gasteiger partial charge in [-0.15, -0.1) is 11.8 Å². The number of hydrogen-bond acceptors (Lipinski definition) is 4. The summed E-state index contributed by atoms with van der Waals surface area (Å²) in [5, 5.41) is 0. The Kier molecular flexibility index (Phi) is 6.23. The topological polar surface area (TPSA) is 43.4 Å². The number of ether oxygens (including phenoxy) is 1. The summed E-state index contributed by atoms with van der Waals surface area (Å²) >= 11 is 1.38. The van der Waals surface area contributed by atoms with Crippen molar-refractivity contribution in [3.8, 4) is 0 Å². The number of rotatable bonds is 5. The van der Waals surface area contributed by atoms with Crippen molar-refractivity contribution in [3.05, 3.63) is 64.5 Å². The molecule has 0 radical (unpaired) electrons. The van der Waals surface area contributed by atoms with Crippen molar-refractivity contribution in [1.82, 2.24) is 0 Å². The molecule has 0 spiro atoms. The predicted molar refractivity (Wildman–Crippen MR) is 109 cm³/mol. The highest BCUT2D eigenvalue weighted by Gasteiger charge is 2.41. The normalized spacial score (nSPS) is 20.8. The summed E-state index contributed by atoms with van der Waals surface area (Å²) in [5.41, 5.74) is 3.75. The molecule has 3 nitrogen and oxygen atoms in total. The van der Waals surface area contributed by atoms with Gasteiger partial charge < -0.3 is 4.74 Å². The van der Waals surface area contributed by atoms with Crippen LogP contribution in [0.2, 0.25) is 0 Å². The minimum absolute atomic E-state index is 0.0568. The van der Waals surface area contributed by atoms with Crippen LogP contribution >= 0.6 is 11.8 Å². The van der Waals surface area contributed by atoms with Crippen LogP contribution in [0.5, 0.6) is 0 Å². The average Bonchev–Trinajstić information content (AvgIpc) is 2.62. The second-order valence-electron chi connectivity index (χ2n) is 7.61. The van der Waals surface area contributed by atoms with E-state index in [9.17, 15) is 14.0 Å². The summed E-state index contributed by atoms with van der Waals surface area (Å²) in [7, 11) is 0. The lowest BCUT2D eigenvalue weighted by Gasteiger charge is -2.32. The number of Topliss-reactive ketones (excluding diaryl/α,β-unsaturated/α-hetero) is 1. The second-order valence-corrected chi connectivity index (χ2v) is 8.67. The summed E-state index contributed by atoms with van der Waals surface area (Å²) in [6.07, 6.45) is -0.274. The maximum absolute atomic E-state index is 13.8. The highest BCUT2D eigenvalue weighted by molar-refractivity contribution is 7.99. The molecule has 3 rings (SSSR count). The molecule has 1 heterocycles. The molecule has 3 atom stereocenters. The molecule has 0 aromatic heterocycles. The number of benzene rings is 2. The first kappa shape index (κ1) is 20.6. The molecule has 3 unspecified atom stereocenters. The van der Waals surface area contributed by atoms with E-state index in [0.717, 1.165) is 22.3 Å². The third kappa shape index (κ3) is 4.30. The molecule has 148 valence electrons. The monoisotopic (exact) mass is 400 g/mol. The third-order valence-electron chi connectivity index (χ3n) is 5.23. The van der Waals surface area contributed by atoms with Crippen LogP contribution in [-0.2, 0) is 14.3 Å². The summed E-state index contributed by atoms with van der Waals surface area (Å²) in [5.74, 6) is -1.17. The van der Waals surface area contributed by atoms with E-state index in [1.807, 2.05) is 39.8 Å². The Labute approximate surface area is 169 Å². The predicted octanol–water partition coefficient (Wildman–Crippen LogP) is 5.15. The van der Waals surface area contributed by atoms with Crippen molar-refractivity contribution in [2.45, 2.75) is 51.0 Å². The molecule has 0 saturated carbocycles. The van der Waals surface area contributed by atoms with Crippen molar-refractivity contribution in [2.24, 2.45) is 5.92 Å². The van der Waals surface area contributed by atoms with Gasteiger partial charge in [0.1, 0.15) is 17.8 Å². The summed E-state index contributed by atoms with van der Waals surface area (Å²) < 4.78 is 19.5. The standard InChI is InChI=1S/C23H25FO3S/c1-13-9-14(2)21(15(3)10-13)22-18(25)11-19(27-23(22)26)16(4)12-28-20-8-6-5-7-17(20)24/h5-10,16,19,22H,11-12H2,1-4H3. The van der Waals surface area contributed by atoms with Crippen molar-refractivity contribution < 1.29 is 18.7 Å². The smallest absolute Gasteiger partial charge is 0.321 e. The molecule has 1 fully saturated rings. The highest BCUT2D eigenvalue weighted by atomic mass is 32.2. The number of carbonyl (C=O) groups is 2. The molecule has 5 heteroatoms. The van der Waals surface area contributed by atoms with Crippen LogP contribution in [0.25, 0.3) is 0 Å². The number of carbonyl (C=O) groups excluding carboxylic acids is 2. The molecule has 1 saturated heterocycles. The zero-order valence-corrected chi connectivity index (χ0v) is 17.4. The first-order chi connectivity index (χ1) is 13.3. The lowest BCUT2D eigenvalue weighted by atomic mass is 9.82. The quantitative estimate of drug-likeness (QED) is 0.396. The largest absolute Gasteiger partial charge is 0.461 e. The van der Waals surface area contributed by atoms with Gasteiger partial charge in [0, 0.05) is 23.0 Å². The lowest BCUT2D eigenvalue weighted by molar-refractivity contribution is -0.162. The van der Waals surface area contributed by atoms with Gasteiger partial charge in [-0.3, -0.25) is 9.59 Å². The Morgan fingerprint density at radius 2 is 1.79 bits per heavy atom. The van der Waals surface area contributed by atoms with Crippen LogP contribution in [0.15, 0.2) is 41.3 Å². The molecular formula is C23H25FO3S. The molecule has 1 aliphatic rings. The number of cyclic esters (lactones) is 1. The van der Waals surface area contributed by atoms with Gasteiger partial charge in [0.25, 0.3) is 0 Å². The van der Waals surface area contributed by atoms with Crippen LogP contribution < -0.4 is 0 Å². The van der Waals surface area contributed by atoms with E-state index >= 15 is 0 Å². The lowest BCUT2D eigenvalue weighted by Crippen LogP contribution is -2.41. The van der Waals surface area contributed by atoms with Gasteiger partial charge >= 0.3 is 5.97 Å². The first-order valence-electron chi connectivity index (χ1n) is 9.46. The van der Waals surface area contributed by atoms with Gasteiger partial charge in [-0.2, -0.15) is 0 Å². The molecule has 0 N–H and O–H groups in total. The van der Waals surface area contributed by atoms with Gasteiger partial charge in [0.2, 0.25) is 0 Å². The van der Waals surface area contributed by atoms with E-state index in [2.05, 4.69) is 0 Å². The fraction of sp³-hybridized carbons (Fsp3) is 0.391. The van der Waals surface area contributed by atoms with Crippen LogP contribution in [0.4, 0.5) is 4.39 Å². The Morgan fingerprint density at radius 3 is 2.39 bits per heavy atom. The number of hydrogen-bond donors (Lipinski definition) is 0. The van der Waals surface area contributed by atoms with E-state index in [1.54, 1.807) is 18.2 Å². The molecule has 1 aliphatic heterocycles. The number of aryl methyl sites for hydroxylation is 3. The van der Waals surface area contributed by atoms with E-state index in [0.29, 0.717) is 10.6 Å². The van der Waals surface area contributed by atoms with Crippen LogP contribution in [-0.4, -0.2) is 23.6 Å². The second kappa shape index (κ2) is 8.48. The van der Waals surface area contributed by atoms with Crippen LogP contribution in [0.3, 0.4) is 0 Å². The summed E-state index contributed by atoms with van der Waals surface area (Å²) in [4.78, 5) is 26.2. The minimum atomic E-state index is -0.844. The Morgan fingerprint density at radius 1 is 1.14 bits per heavy atom. The van der Waals surface area contributed by atoms with E-state index in [-0.39, 0.29) is 23.9 Å². The highest BCUT2D eigenvalue weighted by Crippen LogP contribution is 2.35. The molecule has 0 amide bonds. The summed E-state index contributed by atoms with van der Waals surface area (Å²) in [6, 6.07) is 10.6. The SMILES string of the molecule is Cc1cc(C)c(C2C(=O)CC(C(C)CSc3ccccc3F)OC2=O)c(C)c1. The zero-order chi connectivity index (χ0) is 20.4. The molecule has 0 bridgehead atoms. The van der Waals surface area contributed by atoms with Gasteiger partial charge in [0.05, 0.1) is 0 Å². The van der Waals surface area contributed by atoms with E-state index < -0.39 is 18.0 Å². The van der Waals surface area contributed by atoms with Crippen molar-refractivity contribution in [3.63, 3.8) is 0 Å². The van der Waals surface area contributed by atoms with Gasteiger partial charge in [-0.1, -0.05) is 36.8 Å². The molecule has 2 aromatic rings. The first-order valence-corrected chi connectivity index (χ1v) is 10.4. The number of thioether (sulfide) groups is 1. The van der Waals surface area contributed by atoms with Crippen molar-refractivity contribution >= 4 is 23.5 Å². The maximum atomic E-state index is 13.8. The number of halogens is 1. The average molecular weight is 401 g/mol. The molecule has 0 aliphatic carbocycles. The Hall–Kier alpha value is -2.14. The summed E-state index contributed by atoms with van der Waals surface area (Å²) in [6.45, 7) is 7.78. The van der Waals surface area contributed by atoms with E-state index in [4.69, 9.17) is 4.74 Å². The minimum Gasteiger partial charge on any atom is -0.461 e. The van der Waals surface area contributed by atoms with Crippen LogP contribution in [0.1, 0.15) is 41.5 Å². The molecule has 2 aromatic carbocycles. The number of esters is 1. The maximum Gasteiger partial charge on any atom is 0.321 e. The van der Waals surface area contributed by atoms with Gasteiger partial charge in [-0.05, 0) is 49.6 Å². The van der Waals surface area contributed by atoms with Crippen molar-refractivity contribution in [2.75, 3.05) is 5.75 Å². The zero-order valence-electron chi connectivity index (χ0n) is 16.6. The van der Waals surface area contributed by atoms with Gasteiger partial charge in [-0.25, -0.2) is 4.39 Å². The fourth-order valence-electron chi connectivity index (χ4n) is 3.84. The third-order valence-corrected chi connectivity index (χ3v) is 6.56. The Bertz CT molecular complexity index is 867. The molecular weight excluding hydrogens is 375 g/mol. The fourth-order valence-corrected chi connectivity index (χ4v) is 4.88. The number of ketones is 1. The Balaban J connectivity index is 1.70.